The zero-order chi connectivity index (χ0) is 11.0. The van der Waals surface area contributed by atoms with Crippen molar-refractivity contribution in [2.45, 2.75) is 38.1 Å². The van der Waals surface area contributed by atoms with Gasteiger partial charge in [0.2, 0.25) is 0 Å². The van der Waals surface area contributed by atoms with Crippen LogP contribution < -0.4 is 5.32 Å². The van der Waals surface area contributed by atoms with Gasteiger partial charge in [0.05, 0.1) is 0 Å². The molecular formula is C14H18ClN. The number of rotatable bonds is 1. The van der Waals surface area contributed by atoms with E-state index in [0.717, 1.165) is 17.0 Å². The molecule has 1 fully saturated rings. The number of halogens is 1. The maximum Gasteiger partial charge on any atom is 0.0440 e. The molecule has 0 amide bonds. The zero-order valence-electron chi connectivity index (χ0n) is 9.51. The first-order valence-corrected chi connectivity index (χ1v) is 6.72. The molecule has 1 aromatic carbocycles. The Morgan fingerprint density at radius 1 is 1.25 bits per heavy atom. The highest BCUT2D eigenvalue weighted by molar-refractivity contribution is 6.31. The highest BCUT2D eigenvalue weighted by Gasteiger charge is 2.28. The second-order valence-corrected chi connectivity index (χ2v) is 5.49. The minimum atomic E-state index is 0.740. The van der Waals surface area contributed by atoms with Gasteiger partial charge in [-0.3, -0.25) is 0 Å². The van der Waals surface area contributed by atoms with Gasteiger partial charge in [0.15, 0.2) is 0 Å². The number of hydrogen-bond acceptors (Lipinski definition) is 1. The Morgan fingerprint density at radius 3 is 3.00 bits per heavy atom. The van der Waals surface area contributed by atoms with Crippen LogP contribution in [-0.4, -0.2) is 12.6 Å². The molecule has 1 aliphatic carbocycles. The number of fused-ring (bicyclic) bond motifs is 1. The summed E-state index contributed by atoms with van der Waals surface area (Å²) in [5.41, 5.74) is 2.89. The molecule has 2 unspecified atom stereocenters. The van der Waals surface area contributed by atoms with E-state index in [4.69, 9.17) is 11.6 Å². The Kier molecular flexibility index (Phi) is 2.91. The van der Waals surface area contributed by atoms with Crippen LogP contribution in [0.25, 0.3) is 0 Å². The molecular weight excluding hydrogens is 218 g/mol. The molecule has 2 aliphatic rings. The van der Waals surface area contributed by atoms with Crippen LogP contribution in [0.2, 0.25) is 5.02 Å². The Morgan fingerprint density at radius 2 is 2.19 bits per heavy atom. The van der Waals surface area contributed by atoms with Gasteiger partial charge < -0.3 is 5.32 Å². The van der Waals surface area contributed by atoms with Crippen molar-refractivity contribution in [1.29, 1.82) is 0 Å². The molecule has 1 nitrogen and oxygen atoms in total. The van der Waals surface area contributed by atoms with Gasteiger partial charge in [-0.15, -0.1) is 0 Å². The van der Waals surface area contributed by atoms with Crippen LogP contribution in [0.5, 0.6) is 0 Å². The predicted molar refractivity (Wildman–Crippen MR) is 68.0 cm³/mol. The fraction of sp³-hybridized carbons (Fsp3) is 0.571. The lowest BCUT2D eigenvalue weighted by atomic mass is 9.79. The van der Waals surface area contributed by atoms with E-state index in [1.54, 1.807) is 0 Å². The van der Waals surface area contributed by atoms with E-state index in [9.17, 15) is 0 Å². The van der Waals surface area contributed by atoms with Crippen molar-refractivity contribution in [3.63, 3.8) is 0 Å². The van der Waals surface area contributed by atoms with E-state index >= 15 is 0 Å². The lowest BCUT2D eigenvalue weighted by Crippen LogP contribution is -2.34. The fourth-order valence-electron chi connectivity index (χ4n) is 3.23. The normalized spacial score (nSPS) is 29.1. The third-order valence-corrected chi connectivity index (χ3v) is 4.49. The predicted octanol–water partition coefficient (Wildman–Crippen LogP) is 3.20. The number of aryl methyl sites for hydroxylation is 1. The summed E-state index contributed by atoms with van der Waals surface area (Å²) in [6, 6.07) is 7.09. The Hall–Kier alpha value is -0.530. The smallest absolute Gasteiger partial charge is 0.0440 e. The van der Waals surface area contributed by atoms with Crippen molar-refractivity contribution in [3.05, 3.63) is 34.3 Å². The monoisotopic (exact) mass is 235 g/mol. The van der Waals surface area contributed by atoms with Gasteiger partial charge in [0.1, 0.15) is 0 Å². The summed E-state index contributed by atoms with van der Waals surface area (Å²) in [6.45, 7) is 1.20. The second kappa shape index (κ2) is 4.38. The van der Waals surface area contributed by atoms with Crippen LogP contribution in [0.3, 0.4) is 0 Å². The highest BCUT2D eigenvalue weighted by Crippen LogP contribution is 2.33. The van der Waals surface area contributed by atoms with Crippen LogP contribution in [0.1, 0.15) is 30.4 Å². The van der Waals surface area contributed by atoms with E-state index in [-0.39, 0.29) is 0 Å². The number of benzene rings is 1. The third-order valence-electron chi connectivity index (χ3n) is 4.13. The topological polar surface area (TPSA) is 12.0 Å². The van der Waals surface area contributed by atoms with Crippen LogP contribution >= 0.6 is 11.6 Å². The molecule has 3 rings (SSSR count). The minimum absolute atomic E-state index is 0.740. The van der Waals surface area contributed by atoms with E-state index < -0.39 is 0 Å². The van der Waals surface area contributed by atoms with Crippen LogP contribution in [0, 0.1) is 5.92 Å². The number of hydrogen-bond donors (Lipinski definition) is 1. The standard InChI is InChI=1S/C14H18ClN/c15-13-4-1-3-10-6-7-11(9-12(10)13)14-5-2-8-16-14/h1,3-4,11,14,16H,2,5-9H2. The molecule has 16 heavy (non-hydrogen) atoms. The maximum atomic E-state index is 6.29. The van der Waals surface area contributed by atoms with E-state index in [1.165, 1.54) is 49.8 Å². The minimum Gasteiger partial charge on any atom is -0.314 e. The Balaban J connectivity index is 1.82. The average Bonchev–Trinajstić information content (AvgIpc) is 2.83. The van der Waals surface area contributed by atoms with Gasteiger partial charge in [-0.2, -0.15) is 0 Å². The first-order chi connectivity index (χ1) is 7.84. The molecule has 0 spiro atoms. The van der Waals surface area contributed by atoms with Gasteiger partial charge >= 0.3 is 0 Å². The van der Waals surface area contributed by atoms with Crippen molar-refractivity contribution in [3.8, 4) is 0 Å². The second-order valence-electron chi connectivity index (χ2n) is 5.08. The average molecular weight is 236 g/mol. The van der Waals surface area contributed by atoms with Crippen molar-refractivity contribution in [2.75, 3.05) is 6.54 Å². The molecule has 1 aliphatic heterocycles. The van der Waals surface area contributed by atoms with Crippen molar-refractivity contribution < 1.29 is 0 Å². The van der Waals surface area contributed by atoms with E-state index in [1.807, 2.05) is 6.07 Å². The lowest BCUT2D eigenvalue weighted by Gasteiger charge is -2.29. The van der Waals surface area contributed by atoms with Gasteiger partial charge in [-0.1, -0.05) is 23.7 Å². The van der Waals surface area contributed by atoms with Crippen molar-refractivity contribution >= 4 is 11.6 Å². The van der Waals surface area contributed by atoms with Crippen molar-refractivity contribution in [2.24, 2.45) is 5.92 Å². The molecule has 2 heteroatoms. The summed E-state index contributed by atoms with van der Waals surface area (Å²) in [4.78, 5) is 0. The summed E-state index contributed by atoms with van der Waals surface area (Å²) >= 11 is 6.29. The lowest BCUT2D eigenvalue weighted by molar-refractivity contribution is 0.349. The maximum absolute atomic E-state index is 6.29. The van der Waals surface area contributed by atoms with Gasteiger partial charge in [-0.25, -0.2) is 0 Å². The molecule has 86 valence electrons. The summed E-state index contributed by atoms with van der Waals surface area (Å²) in [5.74, 6) is 0.801. The summed E-state index contributed by atoms with van der Waals surface area (Å²) < 4.78 is 0. The molecule has 0 bridgehead atoms. The summed E-state index contributed by atoms with van der Waals surface area (Å²) in [7, 11) is 0. The fourth-order valence-corrected chi connectivity index (χ4v) is 3.50. The molecule has 1 N–H and O–H groups in total. The first-order valence-electron chi connectivity index (χ1n) is 6.34. The third kappa shape index (κ3) is 1.87. The van der Waals surface area contributed by atoms with Crippen LogP contribution in [-0.2, 0) is 12.8 Å². The molecule has 0 radical (unpaired) electrons. The van der Waals surface area contributed by atoms with E-state index in [2.05, 4.69) is 17.4 Å². The Labute approximate surface area is 102 Å². The van der Waals surface area contributed by atoms with Crippen LogP contribution in [0.15, 0.2) is 18.2 Å². The Bertz CT molecular complexity index is 382. The van der Waals surface area contributed by atoms with Crippen molar-refractivity contribution in [1.82, 2.24) is 5.32 Å². The zero-order valence-corrected chi connectivity index (χ0v) is 10.3. The summed E-state index contributed by atoms with van der Waals surface area (Å²) in [5, 5.41) is 4.61. The largest absolute Gasteiger partial charge is 0.314 e. The van der Waals surface area contributed by atoms with Crippen LogP contribution in [0.4, 0.5) is 0 Å². The molecule has 0 aromatic heterocycles. The van der Waals surface area contributed by atoms with Gasteiger partial charge in [0.25, 0.3) is 0 Å². The van der Waals surface area contributed by atoms with Gasteiger partial charge in [-0.05, 0) is 61.8 Å². The van der Waals surface area contributed by atoms with Gasteiger partial charge in [0, 0.05) is 11.1 Å². The molecule has 1 aromatic rings. The SMILES string of the molecule is Clc1cccc2c1CC(C1CCCN1)CC2. The first kappa shape index (κ1) is 10.6. The summed E-state index contributed by atoms with van der Waals surface area (Å²) in [6.07, 6.45) is 6.40. The quantitative estimate of drug-likeness (QED) is 0.789. The molecule has 2 atom stereocenters. The highest BCUT2D eigenvalue weighted by atomic mass is 35.5. The number of nitrogens with one attached hydrogen (secondary N) is 1. The molecule has 1 heterocycles. The van der Waals surface area contributed by atoms with E-state index in [0.29, 0.717) is 0 Å². The molecule has 1 saturated heterocycles. The molecule has 0 saturated carbocycles.